The number of rotatable bonds is 1. The summed E-state index contributed by atoms with van der Waals surface area (Å²) in [4.78, 5) is 13.2. The molecule has 0 saturated heterocycles. The normalized spacial score (nSPS) is 14.5. The molecule has 14 heavy (non-hydrogen) atoms. The number of anilines is 2. The summed E-state index contributed by atoms with van der Waals surface area (Å²) in [5.74, 6) is -0.0287. The highest BCUT2D eigenvalue weighted by Gasteiger charge is 2.20. The van der Waals surface area contributed by atoms with Crippen LogP contribution in [0.4, 0.5) is 11.4 Å². The summed E-state index contributed by atoms with van der Waals surface area (Å²) >= 11 is 0. The summed E-state index contributed by atoms with van der Waals surface area (Å²) in [5, 5.41) is 3.24. The largest absolute Gasteiger partial charge is 0.382 e. The third-order valence-electron chi connectivity index (χ3n) is 2.32. The molecule has 0 atom stereocenters. The van der Waals surface area contributed by atoms with E-state index in [9.17, 15) is 4.79 Å². The predicted molar refractivity (Wildman–Crippen MR) is 56.3 cm³/mol. The number of fused-ring (bicyclic) bond motifs is 1. The molecule has 0 fully saturated rings. The van der Waals surface area contributed by atoms with E-state index >= 15 is 0 Å². The molecule has 3 N–H and O–H groups in total. The van der Waals surface area contributed by atoms with Gasteiger partial charge in [0.25, 0.3) is 0 Å². The van der Waals surface area contributed by atoms with E-state index < -0.39 is 0 Å². The van der Waals surface area contributed by atoms with E-state index in [1.807, 2.05) is 24.3 Å². The summed E-state index contributed by atoms with van der Waals surface area (Å²) in [6, 6.07) is 7.76. The van der Waals surface area contributed by atoms with Gasteiger partial charge in [-0.15, -0.1) is 0 Å². The molecule has 0 aliphatic carbocycles. The molecule has 1 heterocycles. The molecule has 0 saturated carbocycles. The quantitative estimate of drug-likeness (QED) is 0.675. The SMILES string of the molecule is NCC(=O)N1CCNc2ccccc21. The lowest BCUT2D eigenvalue weighted by Crippen LogP contribution is -2.42. The standard InChI is InChI=1S/C10H13N3O/c11-7-10(14)13-6-5-12-8-3-1-2-4-9(8)13/h1-4,12H,5-7,11H2. The minimum absolute atomic E-state index is 0.0287. The van der Waals surface area contributed by atoms with E-state index in [1.54, 1.807) is 4.90 Å². The van der Waals surface area contributed by atoms with E-state index in [0.29, 0.717) is 6.54 Å². The highest BCUT2D eigenvalue weighted by Crippen LogP contribution is 2.27. The lowest BCUT2D eigenvalue weighted by atomic mass is 10.2. The van der Waals surface area contributed by atoms with Gasteiger partial charge in [-0.1, -0.05) is 12.1 Å². The van der Waals surface area contributed by atoms with Crippen molar-refractivity contribution in [3.8, 4) is 0 Å². The number of carbonyl (C=O) groups is 1. The Morgan fingerprint density at radius 1 is 1.50 bits per heavy atom. The van der Waals surface area contributed by atoms with Gasteiger partial charge in [0.15, 0.2) is 0 Å². The van der Waals surface area contributed by atoms with Crippen molar-refractivity contribution < 1.29 is 4.79 Å². The first-order valence-corrected chi connectivity index (χ1v) is 4.66. The summed E-state index contributed by atoms with van der Waals surface area (Å²) in [6.45, 7) is 1.53. The van der Waals surface area contributed by atoms with Gasteiger partial charge in [0.05, 0.1) is 17.9 Å². The monoisotopic (exact) mass is 191 g/mol. The maximum Gasteiger partial charge on any atom is 0.240 e. The molecule has 1 aromatic rings. The zero-order valence-electron chi connectivity index (χ0n) is 7.86. The summed E-state index contributed by atoms with van der Waals surface area (Å²) in [5.41, 5.74) is 7.27. The molecule has 1 aliphatic rings. The minimum Gasteiger partial charge on any atom is -0.382 e. The van der Waals surface area contributed by atoms with Gasteiger partial charge in [-0.05, 0) is 12.1 Å². The van der Waals surface area contributed by atoms with E-state index in [0.717, 1.165) is 17.9 Å². The molecule has 2 rings (SSSR count). The van der Waals surface area contributed by atoms with Gasteiger partial charge < -0.3 is 16.0 Å². The molecule has 1 aliphatic heterocycles. The van der Waals surface area contributed by atoms with Gasteiger partial charge in [-0.3, -0.25) is 4.79 Å². The van der Waals surface area contributed by atoms with Crippen LogP contribution in [0.1, 0.15) is 0 Å². The molecule has 4 nitrogen and oxygen atoms in total. The lowest BCUT2D eigenvalue weighted by Gasteiger charge is -2.29. The molecule has 1 amide bonds. The Hall–Kier alpha value is -1.55. The van der Waals surface area contributed by atoms with Crippen LogP contribution < -0.4 is 16.0 Å². The second kappa shape index (κ2) is 3.67. The van der Waals surface area contributed by atoms with E-state index in [2.05, 4.69) is 5.32 Å². The summed E-state index contributed by atoms with van der Waals surface area (Å²) in [6.07, 6.45) is 0. The number of nitrogens with two attached hydrogens (primary N) is 1. The van der Waals surface area contributed by atoms with Crippen molar-refractivity contribution in [2.24, 2.45) is 5.73 Å². The third-order valence-corrected chi connectivity index (χ3v) is 2.32. The Morgan fingerprint density at radius 3 is 3.07 bits per heavy atom. The number of hydrogen-bond donors (Lipinski definition) is 2. The molecule has 0 unspecified atom stereocenters. The Labute approximate surface area is 82.7 Å². The number of nitrogens with one attached hydrogen (secondary N) is 1. The second-order valence-corrected chi connectivity index (χ2v) is 3.19. The minimum atomic E-state index is -0.0287. The third kappa shape index (κ3) is 1.44. The Balaban J connectivity index is 2.35. The van der Waals surface area contributed by atoms with Crippen LogP contribution >= 0.6 is 0 Å². The van der Waals surface area contributed by atoms with Crippen LogP contribution in [0.25, 0.3) is 0 Å². The van der Waals surface area contributed by atoms with Crippen LogP contribution in [-0.2, 0) is 4.79 Å². The van der Waals surface area contributed by atoms with Gasteiger partial charge in [0.2, 0.25) is 5.91 Å². The van der Waals surface area contributed by atoms with Crippen LogP contribution in [0.5, 0.6) is 0 Å². The van der Waals surface area contributed by atoms with Crippen molar-refractivity contribution in [3.63, 3.8) is 0 Å². The number of carbonyl (C=O) groups excluding carboxylic acids is 1. The fourth-order valence-electron chi connectivity index (χ4n) is 1.65. The Morgan fingerprint density at radius 2 is 2.29 bits per heavy atom. The molecular weight excluding hydrogens is 178 g/mol. The number of benzene rings is 1. The maximum absolute atomic E-state index is 11.5. The van der Waals surface area contributed by atoms with Gasteiger partial charge in [0.1, 0.15) is 0 Å². The van der Waals surface area contributed by atoms with Gasteiger partial charge >= 0.3 is 0 Å². The van der Waals surface area contributed by atoms with Crippen LogP contribution in [0.3, 0.4) is 0 Å². The van der Waals surface area contributed by atoms with Crippen molar-refractivity contribution >= 4 is 17.3 Å². The highest BCUT2D eigenvalue weighted by molar-refractivity contribution is 5.98. The second-order valence-electron chi connectivity index (χ2n) is 3.19. The first-order valence-electron chi connectivity index (χ1n) is 4.66. The Kier molecular flexibility index (Phi) is 2.37. The topological polar surface area (TPSA) is 58.4 Å². The molecule has 0 radical (unpaired) electrons. The van der Waals surface area contributed by atoms with E-state index in [4.69, 9.17) is 5.73 Å². The molecule has 0 spiro atoms. The molecule has 74 valence electrons. The van der Waals surface area contributed by atoms with Crippen molar-refractivity contribution in [2.45, 2.75) is 0 Å². The highest BCUT2D eigenvalue weighted by atomic mass is 16.2. The molecule has 0 bridgehead atoms. The van der Waals surface area contributed by atoms with E-state index in [1.165, 1.54) is 0 Å². The van der Waals surface area contributed by atoms with Crippen molar-refractivity contribution in [1.29, 1.82) is 0 Å². The number of hydrogen-bond acceptors (Lipinski definition) is 3. The molecule has 4 heteroatoms. The fourth-order valence-corrected chi connectivity index (χ4v) is 1.65. The number of nitrogens with zero attached hydrogens (tertiary/aromatic N) is 1. The summed E-state index contributed by atoms with van der Waals surface area (Å²) < 4.78 is 0. The Bertz CT molecular complexity index is 351. The average molecular weight is 191 g/mol. The first kappa shape index (κ1) is 9.02. The fraction of sp³-hybridized carbons (Fsp3) is 0.300. The van der Waals surface area contributed by atoms with Crippen molar-refractivity contribution in [3.05, 3.63) is 24.3 Å². The zero-order chi connectivity index (χ0) is 9.97. The zero-order valence-corrected chi connectivity index (χ0v) is 7.86. The molecule has 1 aromatic carbocycles. The van der Waals surface area contributed by atoms with Gasteiger partial charge in [0, 0.05) is 13.1 Å². The molecular formula is C10H13N3O. The lowest BCUT2D eigenvalue weighted by molar-refractivity contribution is -0.117. The number of para-hydroxylation sites is 2. The van der Waals surface area contributed by atoms with Crippen LogP contribution in [0.2, 0.25) is 0 Å². The predicted octanol–water partition coefficient (Wildman–Crippen LogP) is 0.404. The van der Waals surface area contributed by atoms with Crippen LogP contribution in [0.15, 0.2) is 24.3 Å². The van der Waals surface area contributed by atoms with Crippen molar-refractivity contribution in [2.75, 3.05) is 29.9 Å². The maximum atomic E-state index is 11.5. The summed E-state index contributed by atoms with van der Waals surface area (Å²) in [7, 11) is 0. The molecule has 0 aromatic heterocycles. The van der Waals surface area contributed by atoms with Crippen LogP contribution in [0, 0.1) is 0 Å². The smallest absolute Gasteiger partial charge is 0.240 e. The van der Waals surface area contributed by atoms with Gasteiger partial charge in [-0.25, -0.2) is 0 Å². The van der Waals surface area contributed by atoms with Gasteiger partial charge in [-0.2, -0.15) is 0 Å². The van der Waals surface area contributed by atoms with Crippen molar-refractivity contribution in [1.82, 2.24) is 0 Å². The van der Waals surface area contributed by atoms with E-state index in [-0.39, 0.29) is 12.5 Å². The average Bonchev–Trinajstić information content (AvgIpc) is 2.27. The first-order chi connectivity index (χ1) is 6.83. The van der Waals surface area contributed by atoms with Crippen LogP contribution in [-0.4, -0.2) is 25.5 Å². The number of amides is 1.